The van der Waals surface area contributed by atoms with E-state index in [4.69, 9.17) is 11.5 Å². The number of aromatic amines is 1. The molecule has 0 saturated carbocycles. The minimum Gasteiger partial charge on any atom is -0.370 e. The number of thioether (sulfide) groups is 1. The number of aromatic nitrogens is 1. The smallest absolute Gasteiger partial charge is 0.333 e. The summed E-state index contributed by atoms with van der Waals surface area (Å²) in [4.78, 5) is 70.2. The molecule has 3 aromatic rings. The molecular formula is C39H63N11O5S. The molecule has 0 aliphatic carbocycles. The number of H-pyrrole nitrogens is 1. The van der Waals surface area contributed by atoms with Crippen molar-refractivity contribution in [2.24, 2.45) is 22.4 Å². The van der Waals surface area contributed by atoms with Gasteiger partial charge in [0.15, 0.2) is 5.96 Å². The molecule has 2 aromatic carbocycles. The number of nitrogens with two attached hydrogens (primary N) is 2. The van der Waals surface area contributed by atoms with Crippen molar-refractivity contribution in [1.29, 1.82) is 0 Å². The fraction of sp³-hybridized carbons (Fsp3) is 0.487. The fourth-order valence-electron chi connectivity index (χ4n) is 5.26. The Kier molecular flexibility index (Phi) is 23.1. The van der Waals surface area contributed by atoms with E-state index in [2.05, 4.69) is 86.3 Å². The number of nitrogens with zero attached hydrogens (tertiary/aromatic N) is 2. The van der Waals surface area contributed by atoms with Crippen LogP contribution < -0.4 is 43.6 Å². The SMILES string of the molecule is CN=C(N)NCCCC(C(=O)NCC(N)=O)N(C(=O)CNC(=O)NNC(=O)C(C)C(NC(C)C)SC)C(C)C.Cc1c[nH]c2ccccc12.Cc1ccccc1. The van der Waals surface area contributed by atoms with Crippen LogP contribution in [0.2, 0.25) is 0 Å². The number of para-hydroxylation sites is 1. The predicted molar refractivity (Wildman–Crippen MR) is 226 cm³/mol. The number of aryl methyl sites for hydroxylation is 2. The summed E-state index contributed by atoms with van der Waals surface area (Å²) in [5.74, 6) is -2.44. The molecule has 0 radical (unpaired) electrons. The number of rotatable bonds is 16. The molecule has 3 atom stereocenters. The molecule has 17 heteroatoms. The molecule has 0 saturated heterocycles. The van der Waals surface area contributed by atoms with Crippen LogP contribution in [0, 0.1) is 19.8 Å². The molecule has 16 nitrogen and oxygen atoms in total. The molecule has 11 N–H and O–H groups in total. The van der Waals surface area contributed by atoms with Crippen LogP contribution in [0.25, 0.3) is 10.9 Å². The Labute approximate surface area is 335 Å². The van der Waals surface area contributed by atoms with Crippen LogP contribution in [0.3, 0.4) is 0 Å². The predicted octanol–water partition coefficient (Wildman–Crippen LogP) is 2.63. The molecule has 310 valence electrons. The number of fused-ring (bicyclic) bond motifs is 1. The summed E-state index contributed by atoms with van der Waals surface area (Å²) < 4.78 is 0. The van der Waals surface area contributed by atoms with Gasteiger partial charge in [-0.15, -0.1) is 11.8 Å². The number of nitrogens with one attached hydrogen (secondary N) is 7. The summed E-state index contributed by atoms with van der Waals surface area (Å²) in [6, 6.07) is 16.6. The lowest BCUT2D eigenvalue weighted by atomic mass is 10.1. The molecule has 56 heavy (non-hydrogen) atoms. The van der Waals surface area contributed by atoms with Crippen molar-refractivity contribution in [3.05, 3.63) is 71.9 Å². The molecule has 0 aliphatic rings. The number of benzene rings is 2. The average Bonchev–Trinajstić information content (AvgIpc) is 3.55. The fourth-order valence-corrected chi connectivity index (χ4v) is 6.20. The van der Waals surface area contributed by atoms with Gasteiger partial charge in [0.25, 0.3) is 0 Å². The summed E-state index contributed by atoms with van der Waals surface area (Å²) in [6.07, 6.45) is 4.59. The first-order valence-electron chi connectivity index (χ1n) is 18.5. The van der Waals surface area contributed by atoms with Crippen molar-refractivity contribution in [2.45, 2.75) is 84.8 Å². The number of carbonyl (C=O) groups is 5. The number of aliphatic imine (C=N–C) groups is 1. The molecular weight excluding hydrogens is 735 g/mol. The van der Waals surface area contributed by atoms with Gasteiger partial charge in [-0.2, -0.15) is 0 Å². The van der Waals surface area contributed by atoms with Crippen molar-refractivity contribution >= 4 is 58.3 Å². The summed E-state index contributed by atoms with van der Waals surface area (Å²) in [5.41, 5.74) is 19.2. The maximum absolute atomic E-state index is 13.1. The Hall–Kier alpha value is -5.29. The second-order valence-electron chi connectivity index (χ2n) is 13.5. The molecule has 0 aliphatic heterocycles. The minimum absolute atomic E-state index is 0.158. The van der Waals surface area contributed by atoms with Crippen LogP contribution >= 0.6 is 11.8 Å². The van der Waals surface area contributed by atoms with Gasteiger partial charge in [0, 0.05) is 42.8 Å². The van der Waals surface area contributed by atoms with Gasteiger partial charge < -0.3 is 42.6 Å². The standard InChI is InChI=1S/C23H46N10O5S.C9H9N.C7H8/c1-13(2)30-21(39-7)15(5)19(36)31-32-23(38)29-12-18(35)33(14(3)4)16(20(37)28-11-17(24)34)9-8-10-27-22(25)26-6;1-7-6-10-9-5-3-2-4-8(7)9;1-7-5-3-2-4-6-7/h13-16,21,30H,8-12H2,1-7H3,(H2,24,34)(H,28,37)(H,31,36)(H3,25,26,27)(H2,29,32,38);2-6,10H,1H3;2-6H,1H3. The van der Waals surface area contributed by atoms with E-state index in [0.29, 0.717) is 13.0 Å². The van der Waals surface area contributed by atoms with E-state index in [1.54, 1.807) is 20.8 Å². The van der Waals surface area contributed by atoms with Gasteiger partial charge in [0.1, 0.15) is 6.04 Å². The number of hydrazine groups is 1. The van der Waals surface area contributed by atoms with E-state index in [1.807, 2.05) is 50.6 Å². The Morgan fingerprint density at radius 3 is 2.02 bits per heavy atom. The van der Waals surface area contributed by atoms with Crippen LogP contribution in [-0.4, -0.2) is 102 Å². The van der Waals surface area contributed by atoms with Crippen molar-refractivity contribution in [2.75, 3.05) is 32.9 Å². The van der Waals surface area contributed by atoms with Gasteiger partial charge in [0.2, 0.25) is 23.6 Å². The van der Waals surface area contributed by atoms with Crippen LogP contribution in [0.4, 0.5) is 4.79 Å². The highest BCUT2D eigenvalue weighted by Crippen LogP contribution is 2.16. The maximum Gasteiger partial charge on any atom is 0.333 e. The topological polar surface area (TPSA) is 241 Å². The largest absolute Gasteiger partial charge is 0.370 e. The highest BCUT2D eigenvalue weighted by Gasteiger charge is 2.32. The van der Waals surface area contributed by atoms with Gasteiger partial charge in [-0.05, 0) is 72.3 Å². The van der Waals surface area contributed by atoms with E-state index in [1.165, 1.54) is 45.7 Å². The van der Waals surface area contributed by atoms with E-state index in [0.717, 1.165) is 0 Å². The summed E-state index contributed by atoms with van der Waals surface area (Å²) in [6.45, 7) is 12.9. The minimum atomic E-state index is -0.944. The second-order valence-corrected chi connectivity index (χ2v) is 14.5. The van der Waals surface area contributed by atoms with E-state index >= 15 is 0 Å². The molecule has 0 fully saturated rings. The average molecular weight is 798 g/mol. The molecule has 6 amide bonds. The Morgan fingerprint density at radius 1 is 0.839 bits per heavy atom. The summed E-state index contributed by atoms with van der Waals surface area (Å²) in [5, 5.41) is 12.1. The summed E-state index contributed by atoms with van der Waals surface area (Å²) >= 11 is 1.48. The van der Waals surface area contributed by atoms with E-state index < -0.39 is 54.2 Å². The number of urea groups is 1. The maximum atomic E-state index is 13.1. The molecule has 1 aromatic heterocycles. The monoisotopic (exact) mass is 797 g/mol. The molecule has 1 heterocycles. The number of hydrogen-bond acceptors (Lipinski definition) is 8. The Morgan fingerprint density at radius 2 is 1.48 bits per heavy atom. The summed E-state index contributed by atoms with van der Waals surface area (Å²) in [7, 11) is 1.53. The first-order valence-corrected chi connectivity index (χ1v) is 19.8. The van der Waals surface area contributed by atoms with Gasteiger partial charge in [-0.25, -0.2) is 10.2 Å². The first-order chi connectivity index (χ1) is 26.5. The number of amides is 6. The zero-order valence-corrected chi connectivity index (χ0v) is 35.0. The van der Waals surface area contributed by atoms with Crippen LogP contribution in [-0.2, 0) is 19.2 Å². The third-order valence-corrected chi connectivity index (χ3v) is 9.23. The molecule has 0 bridgehead atoms. The zero-order chi connectivity index (χ0) is 42.2. The second kappa shape index (κ2) is 26.5. The van der Waals surface area contributed by atoms with Crippen LogP contribution in [0.15, 0.2) is 65.8 Å². The van der Waals surface area contributed by atoms with Crippen molar-refractivity contribution in [3.8, 4) is 0 Å². The number of primary amides is 1. The van der Waals surface area contributed by atoms with Crippen LogP contribution in [0.1, 0.15) is 58.6 Å². The van der Waals surface area contributed by atoms with Crippen molar-refractivity contribution < 1.29 is 24.0 Å². The lowest BCUT2D eigenvalue weighted by molar-refractivity contribution is -0.142. The molecule has 3 rings (SSSR count). The Balaban J connectivity index is 0.000000733. The lowest BCUT2D eigenvalue weighted by Gasteiger charge is -2.34. The van der Waals surface area contributed by atoms with Gasteiger partial charge in [-0.1, -0.05) is 61.0 Å². The Bertz CT molecular complexity index is 1680. The normalized spacial score (nSPS) is 12.5. The quantitative estimate of drug-likeness (QED) is 0.0340. The highest BCUT2D eigenvalue weighted by molar-refractivity contribution is 7.99. The van der Waals surface area contributed by atoms with Crippen molar-refractivity contribution in [1.82, 2.24) is 42.0 Å². The van der Waals surface area contributed by atoms with Crippen LogP contribution in [0.5, 0.6) is 0 Å². The third kappa shape index (κ3) is 18.8. The van der Waals surface area contributed by atoms with E-state index in [-0.39, 0.29) is 30.3 Å². The molecule has 0 spiro atoms. The highest BCUT2D eigenvalue weighted by atomic mass is 32.2. The van der Waals surface area contributed by atoms with Gasteiger partial charge in [-0.3, -0.25) is 29.6 Å². The lowest BCUT2D eigenvalue weighted by Crippen LogP contribution is -2.57. The first kappa shape index (κ1) is 48.7. The zero-order valence-electron chi connectivity index (χ0n) is 34.2. The number of guanidine groups is 1. The van der Waals surface area contributed by atoms with E-state index in [9.17, 15) is 24.0 Å². The van der Waals surface area contributed by atoms with Gasteiger partial charge >= 0.3 is 6.03 Å². The molecule has 3 unspecified atom stereocenters. The van der Waals surface area contributed by atoms with Crippen molar-refractivity contribution in [3.63, 3.8) is 0 Å². The number of hydrogen-bond donors (Lipinski definition) is 9. The number of carbonyl (C=O) groups excluding carboxylic acids is 5. The van der Waals surface area contributed by atoms with Gasteiger partial charge in [0.05, 0.1) is 24.4 Å². The third-order valence-electron chi connectivity index (χ3n) is 8.18.